The summed E-state index contributed by atoms with van der Waals surface area (Å²) >= 11 is 0. The smallest absolute Gasteiger partial charge is 0.406 e. The molecule has 0 aliphatic rings. The lowest BCUT2D eigenvalue weighted by Gasteiger charge is -2.12. The molecule has 142 valence electrons. The van der Waals surface area contributed by atoms with E-state index in [0.717, 1.165) is 0 Å². The third-order valence-electron chi connectivity index (χ3n) is 4.06. The number of alkyl halides is 3. The number of benzene rings is 2. The summed E-state index contributed by atoms with van der Waals surface area (Å²) in [7, 11) is 0. The average molecular weight is 385 g/mol. The van der Waals surface area contributed by atoms with Crippen LogP contribution in [0.25, 0.3) is 16.9 Å². The number of aromatic nitrogens is 4. The van der Waals surface area contributed by atoms with E-state index >= 15 is 0 Å². The van der Waals surface area contributed by atoms with Crippen molar-refractivity contribution in [2.24, 2.45) is 0 Å². The van der Waals surface area contributed by atoms with Crippen LogP contribution < -0.4 is 10.5 Å². The Balaban J connectivity index is 1.79. The monoisotopic (exact) mass is 385 g/mol. The fourth-order valence-corrected chi connectivity index (χ4v) is 2.94. The van der Waals surface area contributed by atoms with Crippen LogP contribution in [0.2, 0.25) is 0 Å². The molecule has 6 nitrogen and oxygen atoms in total. The normalized spacial score (nSPS) is 11.7. The van der Waals surface area contributed by atoms with Gasteiger partial charge in [-0.15, -0.1) is 13.2 Å². The minimum atomic E-state index is -4.75. The minimum Gasteiger partial charge on any atom is -0.406 e. The molecular weight excluding hydrogens is 371 g/mol. The zero-order chi connectivity index (χ0) is 19.7. The van der Waals surface area contributed by atoms with Gasteiger partial charge in [0.15, 0.2) is 0 Å². The molecule has 0 radical (unpaired) electrons. The molecule has 0 spiro atoms. The summed E-state index contributed by atoms with van der Waals surface area (Å²) in [5, 5.41) is 0.661. The quantitative estimate of drug-likeness (QED) is 0.539. The lowest BCUT2D eigenvalue weighted by molar-refractivity contribution is -0.274. The predicted octanol–water partition coefficient (Wildman–Crippen LogP) is 3.89. The maximum atomic E-state index is 12.5. The molecule has 2 aromatic carbocycles. The molecule has 2 aromatic heterocycles. The number of hydrogen-bond acceptors (Lipinski definition) is 5. The van der Waals surface area contributed by atoms with Crippen LogP contribution in [0.5, 0.6) is 5.75 Å². The van der Waals surface area contributed by atoms with Gasteiger partial charge in [-0.3, -0.25) is 4.57 Å². The van der Waals surface area contributed by atoms with Crippen molar-refractivity contribution in [3.05, 3.63) is 72.4 Å². The molecular formula is C19H14F3N5O. The van der Waals surface area contributed by atoms with Crippen molar-refractivity contribution in [3.63, 3.8) is 0 Å². The molecule has 0 saturated carbocycles. The molecule has 4 aromatic rings. The number of halogens is 3. The van der Waals surface area contributed by atoms with Crippen LogP contribution in [0, 0.1) is 0 Å². The second kappa shape index (κ2) is 6.84. The van der Waals surface area contributed by atoms with E-state index in [-0.39, 0.29) is 12.2 Å². The number of nitrogens with two attached hydrogens (primary N) is 1. The molecule has 0 fully saturated rings. The standard InChI is InChI=1S/C19H14F3N5O/c20-19(21,22)28-13-4-1-3-12(9-13)10-16-17-14(23)5-2-6-15(17)25-18(26-16)27-8-7-24-11-27/h1-9,11H,10,23H2. The van der Waals surface area contributed by atoms with Crippen molar-refractivity contribution in [2.75, 3.05) is 5.73 Å². The van der Waals surface area contributed by atoms with Crippen molar-refractivity contribution in [1.82, 2.24) is 19.5 Å². The van der Waals surface area contributed by atoms with Crippen LogP contribution in [0.15, 0.2) is 61.2 Å². The molecule has 0 atom stereocenters. The van der Waals surface area contributed by atoms with Crippen molar-refractivity contribution >= 4 is 16.6 Å². The van der Waals surface area contributed by atoms with Gasteiger partial charge < -0.3 is 10.5 Å². The molecule has 2 N–H and O–H groups in total. The Morgan fingerprint density at radius 3 is 2.64 bits per heavy atom. The lowest BCUT2D eigenvalue weighted by atomic mass is 10.0. The van der Waals surface area contributed by atoms with Crippen LogP contribution in [-0.2, 0) is 6.42 Å². The van der Waals surface area contributed by atoms with Crippen molar-refractivity contribution in [3.8, 4) is 11.7 Å². The van der Waals surface area contributed by atoms with Gasteiger partial charge in [0.2, 0.25) is 5.95 Å². The highest BCUT2D eigenvalue weighted by Crippen LogP contribution is 2.28. The van der Waals surface area contributed by atoms with Crippen LogP contribution in [-0.4, -0.2) is 25.9 Å². The highest BCUT2D eigenvalue weighted by Gasteiger charge is 2.31. The molecule has 0 aliphatic carbocycles. The highest BCUT2D eigenvalue weighted by molar-refractivity contribution is 5.92. The number of nitrogen functional groups attached to an aromatic ring is 1. The molecule has 2 heterocycles. The van der Waals surface area contributed by atoms with Crippen molar-refractivity contribution in [1.29, 1.82) is 0 Å². The van der Waals surface area contributed by atoms with E-state index in [2.05, 4.69) is 19.7 Å². The third kappa shape index (κ3) is 3.73. The fourth-order valence-electron chi connectivity index (χ4n) is 2.94. The fraction of sp³-hybridized carbons (Fsp3) is 0.105. The largest absolute Gasteiger partial charge is 0.573 e. The number of rotatable bonds is 4. The molecule has 0 aliphatic heterocycles. The molecule has 28 heavy (non-hydrogen) atoms. The summed E-state index contributed by atoms with van der Waals surface area (Å²) in [4.78, 5) is 13.1. The second-order valence-electron chi connectivity index (χ2n) is 6.05. The number of fused-ring (bicyclic) bond motifs is 1. The van der Waals surface area contributed by atoms with Crippen LogP contribution >= 0.6 is 0 Å². The number of nitrogens with zero attached hydrogens (tertiary/aromatic N) is 4. The average Bonchev–Trinajstić information content (AvgIpc) is 3.15. The van der Waals surface area contributed by atoms with E-state index in [1.807, 2.05) is 0 Å². The lowest BCUT2D eigenvalue weighted by Crippen LogP contribution is -2.17. The first-order valence-electron chi connectivity index (χ1n) is 8.27. The van der Waals surface area contributed by atoms with Gasteiger partial charge in [-0.2, -0.15) is 0 Å². The van der Waals surface area contributed by atoms with Crippen molar-refractivity contribution < 1.29 is 17.9 Å². The summed E-state index contributed by atoms with van der Waals surface area (Å²) in [6, 6.07) is 11.1. The van der Waals surface area contributed by atoms with E-state index in [4.69, 9.17) is 5.73 Å². The van der Waals surface area contributed by atoms with E-state index in [0.29, 0.717) is 33.8 Å². The Morgan fingerprint density at radius 2 is 1.89 bits per heavy atom. The Morgan fingerprint density at radius 1 is 1.07 bits per heavy atom. The first kappa shape index (κ1) is 17.8. The van der Waals surface area contributed by atoms with Gasteiger partial charge in [0, 0.05) is 29.9 Å². The summed E-state index contributed by atoms with van der Waals surface area (Å²) in [6.45, 7) is 0. The molecule has 0 bridgehead atoms. The first-order valence-corrected chi connectivity index (χ1v) is 8.27. The minimum absolute atomic E-state index is 0.254. The highest BCUT2D eigenvalue weighted by atomic mass is 19.4. The van der Waals surface area contributed by atoms with E-state index in [9.17, 15) is 13.2 Å². The molecule has 9 heteroatoms. The van der Waals surface area contributed by atoms with E-state index < -0.39 is 6.36 Å². The van der Waals surface area contributed by atoms with Crippen LogP contribution in [0.1, 0.15) is 11.3 Å². The van der Waals surface area contributed by atoms with Gasteiger partial charge in [0.1, 0.15) is 12.1 Å². The molecule has 4 rings (SSSR count). The first-order chi connectivity index (χ1) is 13.4. The molecule has 0 amide bonds. The predicted molar refractivity (Wildman–Crippen MR) is 97.0 cm³/mol. The number of ether oxygens (including phenoxy) is 1. The Bertz CT molecular complexity index is 1130. The van der Waals surface area contributed by atoms with Gasteiger partial charge >= 0.3 is 6.36 Å². The SMILES string of the molecule is Nc1cccc2nc(-n3ccnc3)nc(Cc3cccc(OC(F)(F)F)c3)c12. The summed E-state index contributed by atoms with van der Waals surface area (Å²) in [5.41, 5.74) is 8.44. The van der Waals surface area contributed by atoms with Gasteiger partial charge in [0.05, 0.1) is 11.2 Å². The van der Waals surface area contributed by atoms with Crippen LogP contribution in [0.4, 0.5) is 18.9 Å². The number of imidazole rings is 1. The van der Waals surface area contributed by atoms with E-state index in [1.54, 1.807) is 47.6 Å². The Kier molecular flexibility index (Phi) is 4.34. The van der Waals surface area contributed by atoms with Gasteiger partial charge in [0.25, 0.3) is 0 Å². The van der Waals surface area contributed by atoms with Crippen LogP contribution in [0.3, 0.4) is 0 Å². The zero-order valence-corrected chi connectivity index (χ0v) is 14.4. The van der Waals surface area contributed by atoms with Crippen molar-refractivity contribution in [2.45, 2.75) is 12.8 Å². The van der Waals surface area contributed by atoms with Gasteiger partial charge in [-0.25, -0.2) is 15.0 Å². The van der Waals surface area contributed by atoms with Gasteiger partial charge in [-0.05, 0) is 29.8 Å². The summed E-state index contributed by atoms with van der Waals surface area (Å²) in [6.07, 6.45) is 0.373. The number of anilines is 1. The Labute approximate surface area is 157 Å². The number of hydrogen-bond donors (Lipinski definition) is 1. The summed E-state index contributed by atoms with van der Waals surface area (Å²) in [5.74, 6) is 0.111. The Hall–Kier alpha value is -3.62. The topological polar surface area (TPSA) is 78.9 Å². The summed E-state index contributed by atoms with van der Waals surface area (Å²) < 4.78 is 43.2. The second-order valence-corrected chi connectivity index (χ2v) is 6.05. The maximum absolute atomic E-state index is 12.5. The zero-order valence-electron chi connectivity index (χ0n) is 14.4. The maximum Gasteiger partial charge on any atom is 0.573 e. The van der Waals surface area contributed by atoms with E-state index in [1.165, 1.54) is 18.2 Å². The van der Waals surface area contributed by atoms with Gasteiger partial charge in [-0.1, -0.05) is 18.2 Å². The third-order valence-corrected chi connectivity index (χ3v) is 4.06. The molecule has 0 saturated heterocycles. The molecule has 0 unspecified atom stereocenters.